The maximum Gasteiger partial charge on any atom is 0.238 e. The number of allylic oxidation sites excluding steroid dienone is 2. The van der Waals surface area contributed by atoms with Crippen molar-refractivity contribution in [3.05, 3.63) is 58.8 Å². The van der Waals surface area contributed by atoms with Gasteiger partial charge in [0, 0.05) is 0 Å². The minimum absolute atomic E-state index is 0.0383. The number of amides is 2. The van der Waals surface area contributed by atoms with Gasteiger partial charge in [-0.25, -0.2) is 0 Å². The number of benzene rings is 1. The summed E-state index contributed by atoms with van der Waals surface area (Å²) < 4.78 is 5.58. The number of carbonyl (C=O) groups excluding carboxylic acids is 3. The molecule has 1 aliphatic heterocycles. The second kappa shape index (κ2) is 6.13. The summed E-state index contributed by atoms with van der Waals surface area (Å²) in [6, 6.07) is 10.5. The maximum absolute atomic E-state index is 13.1. The molecule has 146 valence electrons. The molecular weight excluding hydrogens is 386 g/mol. The van der Waals surface area contributed by atoms with Crippen LogP contribution >= 0.6 is 11.3 Å². The smallest absolute Gasteiger partial charge is 0.238 e. The Balaban J connectivity index is 1.19. The van der Waals surface area contributed by atoms with E-state index in [1.807, 2.05) is 11.4 Å². The quantitative estimate of drug-likeness (QED) is 0.433. The van der Waals surface area contributed by atoms with Crippen molar-refractivity contribution in [1.29, 1.82) is 0 Å². The molecule has 3 fully saturated rings. The van der Waals surface area contributed by atoms with Crippen LogP contribution in [0.5, 0.6) is 5.75 Å². The predicted octanol–water partition coefficient (Wildman–Crippen LogP) is 3.57. The number of hydrogen-bond acceptors (Lipinski definition) is 5. The molecule has 2 saturated carbocycles. The number of anilines is 1. The molecule has 29 heavy (non-hydrogen) atoms. The van der Waals surface area contributed by atoms with Gasteiger partial charge in [0.15, 0.2) is 6.61 Å². The number of ether oxygens (including phenoxy) is 1. The molecule has 6 heteroatoms. The molecule has 1 aromatic carbocycles. The van der Waals surface area contributed by atoms with Gasteiger partial charge in [0.05, 0.1) is 22.4 Å². The topological polar surface area (TPSA) is 63.7 Å². The summed E-state index contributed by atoms with van der Waals surface area (Å²) in [6.45, 7) is -0.0383. The first-order valence-corrected chi connectivity index (χ1v) is 10.9. The second-order valence-corrected chi connectivity index (χ2v) is 9.30. The summed E-state index contributed by atoms with van der Waals surface area (Å²) in [5.74, 6) is 1.60. The number of nitrogens with zero attached hydrogens (tertiary/aromatic N) is 1. The lowest BCUT2D eigenvalue weighted by Crippen LogP contribution is -2.40. The van der Waals surface area contributed by atoms with E-state index in [2.05, 4.69) is 12.2 Å². The van der Waals surface area contributed by atoms with Gasteiger partial charge in [-0.2, -0.15) is 0 Å². The van der Waals surface area contributed by atoms with E-state index in [9.17, 15) is 14.4 Å². The highest BCUT2D eigenvalue weighted by Crippen LogP contribution is 2.65. The molecule has 4 aliphatic carbocycles. The molecule has 0 spiro atoms. The lowest BCUT2D eigenvalue weighted by molar-refractivity contribution is -0.124. The number of rotatable bonds is 5. The summed E-state index contributed by atoms with van der Waals surface area (Å²) in [5, 5.41) is 1.86. The summed E-state index contributed by atoms with van der Waals surface area (Å²) in [6.07, 6.45) is 5.51. The van der Waals surface area contributed by atoms with Crippen molar-refractivity contribution in [1.82, 2.24) is 0 Å². The molecule has 1 aromatic heterocycles. The molecule has 2 aromatic rings. The zero-order chi connectivity index (χ0) is 19.7. The second-order valence-electron chi connectivity index (χ2n) is 8.35. The van der Waals surface area contributed by atoms with E-state index < -0.39 is 0 Å². The highest BCUT2D eigenvalue weighted by molar-refractivity contribution is 7.12. The Morgan fingerprint density at radius 3 is 2.24 bits per heavy atom. The average molecular weight is 405 g/mol. The van der Waals surface area contributed by atoms with Crippen molar-refractivity contribution in [2.45, 2.75) is 6.42 Å². The van der Waals surface area contributed by atoms with Gasteiger partial charge in [-0.05, 0) is 65.8 Å². The zero-order valence-corrected chi connectivity index (χ0v) is 16.4. The van der Waals surface area contributed by atoms with Gasteiger partial charge in [-0.1, -0.05) is 18.2 Å². The van der Waals surface area contributed by atoms with Crippen molar-refractivity contribution < 1.29 is 19.1 Å². The Bertz CT molecular complexity index is 1010. The minimum atomic E-state index is -0.194. The van der Waals surface area contributed by atoms with Crippen LogP contribution in [-0.4, -0.2) is 24.2 Å². The molecule has 5 aliphatic rings. The highest BCUT2D eigenvalue weighted by atomic mass is 32.1. The Kier molecular flexibility index (Phi) is 3.63. The maximum atomic E-state index is 13.1. The third-order valence-corrected chi connectivity index (χ3v) is 7.83. The first kappa shape index (κ1) is 17.2. The summed E-state index contributed by atoms with van der Waals surface area (Å²) in [4.78, 5) is 40.4. The SMILES string of the molecule is O=C(COc1ccc(N2C(=O)[C@@H]3[C@H]4C=C[C@H]([C@H]5C[C@H]45)[C@@H]3C2=O)cc1)c1cccs1. The van der Waals surface area contributed by atoms with Crippen LogP contribution in [0.15, 0.2) is 53.9 Å². The average Bonchev–Trinajstić information content (AvgIpc) is 3.31. The first-order valence-electron chi connectivity index (χ1n) is 9.99. The minimum Gasteiger partial charge on any atom is -0.485 e. The lowest BCUT2D eigenvalue weighted by Gasteiger charge is -2.37. The van der Waals surface area contributed by atoms with Crippen LogP contribution in [0.25, 0.3) is 0 Å². The van der Waals surface area contributed by atoms with Crippen LogP contribution in [0.1, 0.15) is 16.1 Å². The van der Waals surface area contributed by atoms with Gasteiger partial charge in [0.1, 0.15) is 5.75 Å². The number of carbonyl (C=O) groups is 3. The molecule has 0 radical (unpaired) electrons. The van der Waals surface area contributed by atoms with Crippen LogP contribution in [0.3, 0.4) is 0 Å². The van der Waals surface area contributed by atoms with Gasteiger partial charge in [-0.3, -0.25) is 19.3 Å². The first-order chi connectivity index (χ1) is 14.1. The van der Waals surface area contributed by atoms with Crippen LogP contribution < -0.4 is 9.64 Å². The Morgan fingerprint density at radius 2 is 1.66 bits per heavy atom. The number of Topliss-reactive ketones (excluding diaryl/α,β-unsaturated/α-hetero) is 1. The van der Waals surface area contributed by atoms with Crippen LogP contribution in [0.2, 0.25) is 0 Å². The van der Waals surface area contributed by atoms with Crippen molar-refractivity contribution >= 4 is 34.6 Å². The van der Waals surface area contributed by atoms with Gasteiger partial charge >= 0.3 is 0 Å². The van der Waals surface area contributed by atoms with E-state index >= 15 is 0 Å². The van der Waals surface area contributed by atoms with E-state index in [4.69, 9.17) is 4.74 Å². The third kappa shape index (κ3) is 2.48. The van der Waals surface area contributed by atoms with Crippen molar-refractivity contribution in [2.24, 2.45) is 35.5 Å². The van der Waals surface area contributed by atoms with Crippen molar-refractivity contribution in [2.75, 3.05) is 11.5 Å². The molecule has 1 saturated heterocycles. The third-order valence-electron chi connectivity index (χ3n) is 6.92. The molecule has 6 atom stereocenters. The van der Waals surface area contributed by atoms with E-state index in [-0.39, 0.29) is 47.9 Å². The molecular formula is C23H19NO4S. The van der Waals surface area contributed by atoms with Crippen molar-refractivity contribution in [3.8, 4) is 5.75 Å². The number of thiophene rings is 1. The fourth-order valence-electron chi connectivity index (χ4n) is 5.56. The monoisotopic (exact) mass is 405 g/mol. The van der Waals surface area contributed by atoms with Gasteiger partial charge in [-0.15, -0.1) is 11.3 Å². The van der Waals surface area contributed by atoms with Crippen LogP contribution in [0.4, 0.5) is 5.69 Å². The van der Waals surface area contributed by atoms with Crippen LogP contribution in [0, 0.1) is 35.5 Å². The van der Waals surface area contributed by atoms with E-state index in [1.54, 1.807) is 30.3 Å². The summed E-state index contributed by atoms with van der Waals surface area (Å²) in [5.41, 5.74) is 0.583. The van der Waals surface area contributed by atoms with Gasteiger partial charge < -0.3 is 4.74 Å². The largest absolute Gasteiger partial charge is 0.485 e. The molecule has 2 heterocycles. The molecule has 0 N–H and O–H groups in total. The van der Waals surface area contributed by atoms with Gasteiger partial charge in [0.25, 0.3) is 0 Å². The Labute approximate surface area is 172 Å². The van der Waals surface area contributed by atoms with E-state index in [1.165, 1.54) is 16.2 Å². The molecule has 7 rings (SSSR count). The van der Waals surface area contributed by atoms with Gasteiger partial charge in [0.2, 0.25) is 17.6 Å². The fraction of sp³-hybridized carbons (Fsp3) is 0.348. The van der Waals surface area contributed by atoms with Crippen molar-refractivity contribution in [3.63, 3.8) is 0 Å². The summed E-state index contributed by atoms with van der Waals surface area (Å²) >= 11 is 1.39. The normalized spacial score (nSPS) is 33.6. The van der Waals surface area contributed by atoms with Crippen LogP contribution in [-0.2, 0) is 9.59 Å². The number of imide groups is 1. The fourth-order valence-corrected chi connectivity index (χ4v) is 6.21. The molecule has 5 nitrogen and oxygen atoms in total. The highest BCUT2D eigenvalue weighted by Gasteiger charge is 2.67. The Morgan fingerprint density at radius 1 is 1.00 bits per heavy atom. The number of ketones is 1. The molecule has 2 bridgehead atoms. The zero-order valence-electron chi connectivity index (χ0n) is 15.6. The summed E-state index contributed by atoms with van der Waals surface area (Å²) in [7, 11) is 0. The van der Waals surface area contributed by atoms with E-state index in [0.717, 1.165) is 6.42 Å². The predicted molar refractivity (Wildman–Crippen MR) is 108 cm³/mol. The number of hydrogen-bond donors (Lipinski definition) is 0. The Hall–Kier alpha value is -2.73. The molecule has 0 unspecified atom stereocenters. The lowest BCUT2D eigenvalue weighted by atomic mass is 9.63. The van der Waals surface area contributed by atoms with E-state index in [0.29, 0.717) is 28.1 Å². The standard InChI is InChI=1S/C23H19NO4S/c25-18(19-2-1-9-29-19)11-28-13-5-3-12(4-6-13)24-22(26)20-14-7-8-15(17-10-16(14)17)21(20)23(24)27/h1-9,14-17,20-21H,10-11H2/t14-,15+,16-,17-,20+,21-/m1/s1. The molecule has 2 amide bonds.